The summed E-state index contributed by atoms with van der Waals surface area (Å²) in [6, 6.07) is 11.4. The average Bonchev–Trinajstić information content (AvgIpc) is 2.66. The summed E-state index contributed by atoms with van der Waals surface area (Å²) in [6.45, 7) is 1.95. The van der Waals surface area contributed by atoms with E-state index in [4.69, 9.17) is 0 Å². The van der Waals surface area contributed by atoms with Gasteiger partial charge in [-0.25, -0.2) is 0 Å². The Morgan fingerprint density at radius 2 is 1.92 bits per heavy atom. The molecule has 4 bridgehead atoms. The topological polar surface area (TPSA) is 52.6 Å². The smallest absolute Gasteiger partial charge is 0.226 e. The molecule has 5 fully saturated rings. The predicted octanol–water partition coefficient (Wildman–Crippen LogP) is 2.76. The summed E-state index contributed by atoms with van der Waals surface area (Å²) < 4.78 is 0. The van der Waals surface area contributed by atoms with Crippen molar-refractivity contribution in [3.8, 4) is 0 Å². The van der Waals surface area contributed by atoms with E-state index in [1.165, 1.54) is 5.69 Å². The molecule has 1 heterocycles. The van der Waals surface area contributed by atoms with E-state index >= 15 is 0 Å². The molecule has 4 aliphatic carbocycles. The van der Waals surface area contributed by atoms with Gasteiger partial charge in [0, 0.05) is 24.8 Å². The highest BCUT2D eigenvalue weighted by Gasteiger charge is 2.58. The zero-order chi connectivity index (χ0) is 17.7. The maximum absolute atomic E-state index is 13.3. The van der Waals surface area contributed by atoms with Crippen molar-refractivity contribution in [3.63, 3.8) is 0 Å². The van der Waals surface area contributed by atoms with Crippen LogP contribution in [0.15, 0.2) is 24.3 Å². The highest BCUT2D eigenvalue weighted by Crippen LogP contribution is 2.60. The first-order chi connectivity index (χ1) is 12.6. The molecule has 26 heavy (non-hydrogen) atoms. The Hall–Kier alpha value is -1.55. The number of rotatable bonds is 3. The highest BCUT2D eigenvalue weighted by atomic mass is 16.3. The van der Waals surface area contributed by atoms with Gasteiger partial charge in [-0.2, -0.15) is 0 Å². The number of hydrogen-bond acceptors (Lipinski definition) is 3. The van der Waals surface area contributed by atoms with E-state index < -0.39 is 0 Å². The van der Waals surface area contributed by atoms with Crippen LogP contribution in [0.3, 0.4) is 0 Å². The van der Waals surface area contributed by atoms with Crippen LogP contribution < -0.4 is 10.2 Å². The maximum atomic E-state index is 13.3. The normalized spacial score (nSPS) is 41.3. The fraction of sp³-hybridized carbons (Fsp3) is 0.682. The molecule has 4 saturated carbocycles. The molecule has 3 atom stereocenters. The Morgan fingerprint density at radius 3 is 2.65 bits per heavy atom. The van der Waals surface area contributed by atoms with Crippen LogP contribution in [-0.2, 0) is 4.79 Å². The zero-order valence-corrected chi connectivity index (χ0v) is 15.4. The van der Waals surface area contributed by atoms with Gasteiger partial charge in [-0.1, -0.05) is 12.1 Å². The number of piperidine rings is 1. The minimum Gasteiger partial charge on any atom is -0.393 e. The highest BCUT2D eigenvalue weighted by molar-refractivity contribution is 5.83. The van der Waals surface area contributed by atoms with Crippen LogP contribution in [0.25, 0.3) is 0 Å². The zero-order valence-electron chi connectivity index (χ0n) is 15.4. The number of aliphatic hydroxyl groups is 1. The largest absolute Gasteiger partial charge is 0.393 e. The summed E-state index contributed by atoms with van der Waals surface area (Å²) in [5, 5.41) is 13.9. The van der Waals surface area contributed by atoms with Crippen LogP contribution >= 0.6 is 0 Å². The summed E-state index contributed by atoms with van der Waals surface area (Å²) >= 11 is 0. The van der Waals surface area contributed by atoms with Crippen LogP contribution in [0.4, 0.5) is 5.69 Å². The lowest BCUT2D eigenvalue weighted by Crippen LogP contribution is -2.60. The van der Waals surface area contributed by atoms with Crippen LogP contribution in [0.2, 0.25) is 0 Å². The number of nitrogens with one attached hydrogen (secondary N) is 1. The fourth-order valence-corrected chi connectivity index (χ4v) is 6.53. The second-order valence-electron chi connectivity index (χ2n) is 9.26. The minimum absolute atomic E-state index is 0.160. The number of anilines is 1. The Bertz CT molecular complexity index is 660. The molecule has 1 saturated heterocycles. The number of carbonyl (C=O) groups excluding carboxylic acids is 1. The molecule has 1 aromatic rings. The third-order valence-electron chi connectivity index (χ3n) is 7.53. The summed E-state index contributed by atoms with van der Waals surface area (Å²) in [6.07, 6.45) is 7.13. The molecule has 2 N–H and O–H groups in total. The SMILES string of the molecule is O=C(N[C@H]1CCCN(c2cc[c]cc2)C1)C12CC3CC(C1)C(O)C(C3)C2. The van der Waals surface area contributed by atoms with E-state index in [1.54, 1.807) is 0 Å². The second-order valence-corrected chi connectivity index (χ2v) is 9.26. The van der Waals surface area contributed by atoms with Crippen LogP contribution in [0.1, 0.15) is 44.9 Å². The molecule has 4 nitrogen and oxygen atoms in total. The summed E-state index contributed by atoms with van der Waals surface area (Å²) in [4.78, 5) is 15.7. The quantitative estimate of drug-likeness (QED) is 0.879. The van der Waals surface area contributed by atoms with Gasteiger partial charge < -0.3 is 15.3 Å². The minimum atomic E-state index is -0.195. The number of benzene rings is 1. The standard InChI is InChI=1S/C22H29N2O2/c25-20-16-9-15-10-17(20)13-22(11-15,12-16)21(26)23-18-5-4-8-24(14-18)19-6-2-1-3-7-19/h2-3,6-7,15-18,20,25H,4-5,8-14H2,(H,23,26)/t15?,16?,17?,18-,20?,22?/m0/s1. The van der Waals surface area contributed by atoms with Crippen LogP contribution in [0, 0.1) is 29.2 Å². The average molecular weight is 353 g/mol. The third-order valence-corrected chi connectivity index (χ3v) is 7.53. The van der Waals surface area contributed by atoms with Crippen molar-refractivity contribution in [1.82, 2.24) is 5.32 Å². The van der Waals surface area contributed by atoms with Crippen LogP contribution in [-0.4, -0.2) is 36.2 Å². The lowest BCUT2D eigenvalue weighted by atomic mass is 9.48. The maximum Gasteiger partial charge on any atom is 0.226 e. The number of carbonyl (C=O) groups is 1. The third kappa shape index (κ3) is 2.74. The fourth-order valence-electron chi connectivity index (χ4n) is 6.53. The number of aliphatic hydroxyl groups excluding tert-OH is 1. The molecular weight excluding hydrogens is 324 g/mol. The van der Waals surface area contributed by atoms with Gasteiger partial charge in [0.05, 0.1) is 11.5 Å². The first-order valence-electron chi connectivity index (χ1n) is 10.3. The van der Waals surface area contributed by atoms with Crippen molar-refractivity contribution in [1.29, 1.82) is 0 Å². The van der Waals surface area contributed by atoms with Gasteiger partial charge in [0.25, 0.3) is 0 Å². The Labute approximate surface area is 156 Å². The number of hydrogen-bond donors (Lipinski definition) is 2. The molecule has 1 radical (unpaired) electrons. The Morgan fingerprint density at radius 1 is 1.19 bits per heavy atom. The Balaban J connectivity index is 1.27. The van der Waals surface area contributed by atoms with E-state index in [0.717, 1.165) is 58.0 Å². The van der Waals surface area contributed by atoms with Crippen molar-refractivity contribution >= 4 is 11.6 Å². The molecule has 0 aromatic heterocycles. The second kappa shape index (κ2) is 6.26. The van der Waals surface area contributed by atoms with E-state index in [2.05, 4.69) is 28.4 Å². The van der Waals surface area contributed by atoms with Crippen molar-refractivity contribution in [2.24, 2.45) is 23.2 Å². The Kier molecular flexibility index (Phi) is 4.00. The van der Waals surface area contributed by atoms with Crippen molar-refractivity contribution < 1.29 is 9.90 Å². The van der Waals surface area contributed by atoms with Crippen molar-refractivity contribution in [3.05, 3.63) is 30.3 Å². The van der Waals surface area contributed by atoms with E-state index in [-0.39, 0.29) is 23.5 Å². The van der Waals surface area contributed by atoms with Gasteiger partial charge in [0.1, 0.15) is 0 Å². The molecule has 4 heteroatoms. The van der Waals surface area contributed by atoms with E-state index in [1.807, 2.05) is 12.1 Å². The van der Waals surface area contributed by atoms with Crippen LogP contribution in [0.5, 0.6) is 0 Å². The molecular formula is C22H29N2O2. The molecule has 6 rings (SSSR count). The lowest BCUT2D eigenvalue weighted by Gasteiger charge is -2.58. The van der Waals surface area contributed by atoms with Gasteiger partial charge in [-0.15, -0.1) is 0 Å². The summed E-state index contributed by atoms with van der Waals surface area (Å²) in [5.41, 5.74) is 1.03. The molecule has 1 aliphatic heterocycles. The number of nitrogens with zero attached hydrogens (tertiary/aromatic N) is 1. The number of amides is 1. The van der Waals surface area contributed by atoms with Gasteiger partial charge in [-0.3, -0.25) is 4.79 Å². The molecule has 0 spiro atoms. The molecule has 139 valence electrons. The van der Waals surface area contributed by atoms with Gasteiger partial charge in [0.2, 0.25) is 5.91 Å². The first-order valence-corrected chi connectivity index (χ1v) is 10.3. The van der Waals surface area contributed by atoms with Gasteiger partial charge in [0.15, 0.2) is 0 Å². The van der Waals surface area contributed by atoms with E-state index in [0.29, 0.717) is 17.8 Å². The summed E-state index contributed by atoms with van der Waals surface area (Å²) in [7, 11) is 0. The monoisotopic (exact) mass is 353 g/mol. The van der Waals surface area contributed by atoms with Gasteiger partial charge in [-0.05, 0) is 80.9 Å². The molecule has 1 aromatic carbocycles. The van der Waals surface area contributed by atoms with Crippen molar-refractivity contribution in [2.75, 3.05) is 18.0 Å². The van der Waals surface area contributed by atoms with E-state index in [9.17, 15) is 9.90 Å². The molecule has 1 amide bonds. The first kappa shape index (κ1) is 16.6. The molecule has 2 unspecified atom stereocenters. The predicted molar refractivity (Wildman–Crippen MR) is 101 cm³/mol. The van der Waals surface area contributed by atoms with Crippen molar-refractivity contribution in [2.45, 2.75) is 57.1 Å². The molecule has 5 aliphatic rings. The lowest BCUT2D eigenvalue weighted by molar-refractivity contribution is -0.163. The summed E-state index contributed by atoms with van der Waals surface area (Å²) in [5.74, 6) is 1.65. The van der Waals surface area contributed by atoms with Gasteiger partial charge >= 0.3 is 0 Å².